The van der Waals surface area contributed by atoms with Crippen LogP contribution in [0.5, 0.6) is 11.5 Å². The monoisotopic (exact) mass is 280 g/mol. The Bertz CT molecular complexity index is 435. The molecule has 0 saturated heterocycles. The molecular weight excluding hydrogens is 256 g/mol. The smallest absolute Gasteiger partial charge is 0.224 e. The van der Waals surface area contributed by atoms with Crippen LogP contribution in [0, 0.1) is 5.92 Å². The molecule has 0 spiro atoms. The molecule has 1 amide bonds. The van der Waals surface area contributed by atoms with E-state index >= 15 is 0 Å². The number of anilines is 1. The van der Waals surface area contributed by atoms with Crippen molar-refractivity contribution in [3.8, 4) is 11.5 Å². The number of carbonyl (C=O) groups is 1. The molecule has 0 aliphatic rings. The third kappa shape index (κ3) is 5.09. The lowest BCUT2D eigenvalue weighted by molar-refractivity contribution is -0.116. The summed E-state index contributed by atoms with van der Waals surface area (Å²) >= 11 is 0. The number of benzene rings is 1. The first-order chi connectivity index (χ1) is 9.60. The Balaban J connectivity index is 2.61. The Hall–Kier alpha value is -1.75. The molecule has 1 aromatic rings. The molecule has 0 saturated carbocycles. The summed E-state index contributed by atoms with van der Waals surface area (Å²) in [6.07, 6.45) is 1.25. The summed E-state index contributed by atoms with van der Waals surface area (Å²) in [7, 11) is 1.58. The molecule has 1 rings (SSSR count). The predicted octanol–water partition coefficient (Wildman–Crippen LogP) is 2.41. The number of amides is 1. The number of nitrogens with two attached hydrogens (primary N) is 1. The number of methoxy groups -OCH3 is 1. The maximum Gasteiger partial charge on any atom is 0.224 e. The minimum atomic E-state index is -0.0171. The number of hydrogen-bond donors (Lipinski definition) is 2. The summed E-state index contributed by atoms with van der Waals surface area (Å²) in [6.45, 7) is 5.12. The minimum absolute atomic E-state index is 0.0171. The van der Waals surface area contributed by atoms with Gasteiger partial charge in [-0.2, -0.15) is 0 Å². The van der Waals surface area contributed by atoms with Gasteiger partial charge in [0.15, 0.2) is 11.5 Å². The van der Waals surface area contributed by atoms with Gasteiger partial charge >= 0.3 is 0 Å². The van der Waals surface area contributed by atoms with Crippen molar-refractivity contribution in [2.45, 2.75) is 26.7 Å². The molecular formula is C15H24N2O3. The summed E-state index contributed by atoms with van der Waals surface area (Å²) in [6, 6.07) is 5.35. The standard InChI is InChI=1S/C15H24N2O3/c1-4-20-13-7-6-12(9-14(13)19-3)17-15(18)8-5-11(2)10-16/h6-7,9,11H,4-5,8,10,16H2,1-3H3,(H,17,18). The number of ether oxygens (including phenoxy) is 2. The van der Waals surface area contributed by atoms with Crippen LogP contribution in [0.3, 0.4) is 0 Å². The lowest BCUT2D eigenvalue weighted by Crippen LogP contribution is -2.16. The number of hydrogen-bond acceptors (Lipinski definition) is 4. The highest BCUT2D eigenvalue weighted by molar-refractivity contribution is 5.91. The molecule has 0 heterocycles. The van der Waals surface area contributed by atoms with Crippen molar-refractivity contribution >= 4 is 11.6 Å². The van der Waals surface area contributed by atoms with Crippen LogP contribution in [-0.2, 0) is 4.79 Å². The van der Waals surface area contributed by atoms with Crippen LogP contribution in [-0.4, -0.2) is 26.2 Å². The van der Waals surface area contributed by atoms with Gasteiger partial charge in [0.25, 0.3) is 0 Å². The van der Waals surface area contributed by atoms with E-state index in [9.17, 15) is 4.79 Å². The summed E-state index contributed by atoms with van der Waals surface area (Å²) in [5, 5.41) is 2.85. The first-order valence-corrected chi connectivity index (χ1v) is 6.91. The lowest BCUT2D eigenvalue weighted by Gasteiger charge is -2.12. The molecule has 0 fully saturated rings. The maximum atomic E-state index is 11.8. The van der Waals surface area contributed by atoms with E-state index in [-0.39, 0.29) is 5.91 Å². The molecule has 0 aromatic heterocycles. The van der Waals surface area contributed by atoms with Crippen LogP contribution < -0.4 is 20.5 Å². The van der Waals surface area contributed by atoms with Gasteiger partial charge in [0.1, 0.15) is 0 Å². The number of nitrogens with one attached hydrogen (secondary N) is 1. The fraction of sp³-hybridized carbons (Fsp3) is 0.533. The molecule has 3 N–H and O–H groups in total. The van der Waals surface area contributed by atoms with E-state index < -0.39 is 0 Å². The van der Waals surface area contributed by atoms with Crippen molar-refractivity contribution in [3.05, 3.63) is 18.2 Å². The summed E-state index contributed by atoms with van der Waals surface area (Å²) in [5.74, 6) is 1.62. The molecule has 0 bridgehead atoms. The van der Waals surface area contributed by atoms with E-state index in [1.54, 1.807) is 25.3 Å². The van der Waals surface area contributed by atoms with Gasteiger partial charge in [-0.25, -0.2) is 0 Å². The minimum Gasteiger partial charge on any atom is -0.493 e. The summed E-state index contributed by atoms with van der Waals surface area (Å²) < 4.78 is 10.7. The number of carbonyl (C=O) groups excluding carboxylic acids is 1. The largest absolute Gasteiger partial charge is 0.493 e. The van der Waals surface area contributed by atoms with Gasteiger partial charge in [0.05, 0.1) is 13.7 Å². The first kappa shape index (κ1) is 16.3. The molecule has 5 nitrogen and oxygen atoms in total. The second-order valence-electron chi connectivity index (χ2n) is 4.73. The van der Waals surface area contributed by atoms with Crippen molar-refractivity contribution in [2.24, 2.45) is 11.7 Å². The van der Waals surface area contributed by atoms with Crippen molar-refractivity contribution in [1.82, 2.24) is 0 Å². The van der Waals surface area contributed by atoms with Gasteiger partial charge in [-0.1, -0.05) is 6.92 Å². The van der Waals surface area contributed by atoms with E-state index in [2.05, 4.69) is 5.32 Å². The van der Waals surface area contributed by atoms with E-state index in [0.29, 0.717) is 42.7 Å². The topological polar surface area (TPSA) is 73.6 Å². The molecule has 1 unspecified atom stereocenters. The highest BCUT2D eigenvalue weighted by atomic mass is 16.5. The average molecular weight is 280 g/mol. The Morgan fingerprint density at radius 2 is 2.15 bits per heavy atom. The molecule has 20 heavy (non-hydrogen) atoms. The maximum absolute atomic E-state index is 11.8. The highest BCUT2D eigenvalue weighted by Gasteiger charge is 2.09. The van der Waals surface area contributed by atoms with Crippen LogP contribution in [0.25, 0.3) is 0 Å². The highest BCUT2D eigenvalue weighted by Crippen LogP contribution is 2.30. The van der Waals surface area contributed by atoms with Crippen molar-refractivity contribution < 1.29 is 14.3 Å². The summed E-state index contributed by atoms with van der Waals surface area (Å²) in [4.78, 5) is 11.8. The van der Waals surface area contributed by atoms with E-state index in [4.69, 9.17) is 15.2 Å². The molecule has 1 aromatic carbocycles. The Labute approximate surface area is 120 Å². The zero-order valence-corrected chi connectivity index (χ0v) is 12.4. The second-order valence-corrected chi connectivity index (χ2v) is 4.73. The van der Waals surface area contributed by atoms with E-state index in [0.717, 1.165) is 6.42 Å². The van der Waals surface area contributed by atoms with Crippen molar-refractivity contribution in [1.29, 1.82) is 0 Å². The van der Waals surface area contributed by atoms with Gasteiger partial charge in [-0.3, -0.25) is 4.79 Å². The van der Waals surface area contributed by atoms with Gasteiger partial charge < -0.3 is 20.5 Å². The zero-order chi connectivity index (χ0) is 15.0. The molecule has 0 aliphatic carbocycles. The van der Waals surface area contributed by atoms with Crippen LogP contribution in [0.15, 0.2) is 18.2 Å². The van der Waals surface area contributed by atoms with E-state index in [1.807, 2.05) is 13.8 Å². The molecule has 5 heteroatoms. The van der Waals surface area contributed by atoms with Gasteiger partial charge in [-0.05, 0) is 37.9 Å². The van der Waals surface area contributed by atoms with Crippen LogP contribution >= 0.6 is 0 Å². The fourth-order valence-electron chi connectivity index (χ4n) is 1.74. The Morgan fingerprint density at radius 1 is 1.40 bits per heavy atom. The molecule has 0 aliphatic heterocycles. The van der Waals surface area contributed by atoms with Crippen molar-refractivity contribution in [2.75, 3.05) is 25.6 Å². The quantitative estimate of drug-likeness (QED) is 0.767. The average Bonchev–Trinajstić information content (AvgIpc) is 2.46. The first-order valence-electron chi connectivity index (χ1n) is 6.91. The predicted molar refractivity (Wildman–Crippen MR) is 80.2 cm³/mol. The van der Waals surface area contributed by atoms with Crippen LogP contribution in [0.4, 0.5) is 5.69 Å². The fourth-order valence-corrected chi connectivity index (χ4v) is 1.74. The van der Waals surface area contributed by atoms with E-state index in [1.165, 1.54) is 0 Å². The van der Waals surface area contributed by atoms with Gasteiger partial charge in [0, 0.05) is 18.2 Å². The Morgan fingerprint density at radius 3 is 2.75 bits per heavy atom. The molecule has 112 valence electrons. The third-order valence-corrected chi connectivity index (χ3v) is 3.01. The normalized spacial score (nSPS) is 11.8. The molecule has 0 radical (unpaired) electrons. The van der Waals surface area contributed by atoms with Gasteiger partial charge in [0.2, 0.25) is 5.91 Å². The van der Waals surface area contributed by atoms with Crippen molar-refractivity contribution in [3.63, 3.8) is 0 Å². The summed E-state index contributed by atoms with van der Waals surface area (Å²) in [5.41, 5.74) is 6.24. The Kier molecular flexibility index (Phi) is 6.87. The SMILES string of the molecule is CCOc1ccc(NC(=O)CCC(C)CN)cc1OC. The van der Waals surface area contributed by atoms with Gasteiger partial charge in [-0.15, -0.1) is 0 Å². The lowest BCUT2D eigenvalue weighted by atomic mass is 10.1. The molecule has 1 atom stereocenters. The third-order valence-electron chi connectivity index (χ3n) is 3.01. The van der Waals surface area contributed by atoms with Crippen LogP contribution in [0.1, 0.15) is 26.7 Å². The number of rotatable bonds is 8. The second kappa shape index (κ2) is 8.43. The van der Waals surface area contributed by atoms with Crippen LogP contribution in [0.2, 0.25) is 0 Å². The zero-order valence-electron chi connectivity index (χ0n) is 12.4.